The standard InChI is InChI=1S/C13H25N3O2/c1-6-13(7-2,18-8-3)12(14)11-10(17-5)9-15-16(11)4/h9,12H,6-8,14H2,1-5H3. The molecule has 1 heterocycles. The van der Waals surface area contributed by atoms with Crippen LogP contribution in [0.4, 0.5) is 0 Å². The summed E-state index contributed by atoms with van der Waals surface area (Å²) in [5.74, 6) is 0.718. The van der Waals surface area contributed by atoms with Crippen molar-refractivity contribution in [2.45, 2.75) is 45.3 Å². The minimum Gasteiger partial charge on any atom is -0.493 e. The van der Waals surface area contributed by atoms with Crippen molar-refractivity contribution in [3.05, 3.63) is 11.9 Å². The molecule has 0 bridgehead atoms. The van der Waals surface area contributed by atoms with Crippen LogP contribution in [-0.2, 0) is 11.8 Å². The van der Waals surface area contributed by atoms with Crippen molar-refractivity contribution < 1.29 is 9.47 Å². The molecule has 18 heavy (non-hydrogen) atoms. The quantitative estimate of drug-likeness (QED) is 0.809. The van der Waals surface area contributed by atoms with Crippen LogP contribution >= 0.6 is 0 Å². The summed E-state index contributed by atoms with van der Waals surface area (Å²) in [7, 11) is 3.51. The molecule has 0 fully saturated rings. The zero-order valence-electron chi connectivity index (χ0n) is 12.1. The van der Waals surface area contributed by atoms with E-state index in [-0.39, 0.29) is 11.6 Å². The molecule has 0 saturated heterocycles. The summed E-state index contributed by atoms with van der Waals surface area (Å²) in [6.07, 6.45) is 3.40. The summed E-state index contributed by atoms with van der Waals surface area (Å²) >= 11 is 0. The van der Waals surface area contributed by atoms with Gasteiger partial charge in [0.15, 0.2) is 5.75 Å². The molecule has 0 aliphatic rings. The molecular formula is C13H25N3O2. The lowest BCUT2D eigenvalue weighted by molar-refractivity contribution is -0.0664. The molecule has 0 aliphatic heterocycles. The van der Waals surface area contributed by atoms with Crippen LogP contribution in [0.25, 0.3) is 0 Å². The van der Waals surface area contributed by atoms with Crippen LogP contribution in [0.2, 0.25) is 0 Å². The zero-order valence-corrected chi connectivity index (χ0v) is 12.1. The van der Waals surface area contributed by atoms with E-state index in [0.717, 1.165) is 24.3 Å². The van der Waals surface area contributed by atoms with Gasteiger partial charge < -0.3 is 15.2 Å². The van der Waals surface area contributed by atoms with Gasteiger partial charge in [0.1, 0.15) is 0 Å². The number of aryl methyl sites for hydroxylation is 1. The molecule has 1 unspecified atom stereocenters. The number of methoxy groups -OCH3 is 1. The Morgan fingerprint density at radius 3 is 2.44 bits per heavy atom. The fourth-order valence-corrected chi connectivity index (χ4v) is 2.46. The molecule has 0 aromatic carbocycles. The van der Waals surface area contributed by atoms with Crippen LogP contribution < -0.4 is 10.5 Å². The van der Waals surface area contributed by atoms with Crippen LogP contribution in [0.1, 0.15) is 45.3 Å². The maximum atomic E-state index is 6.44. The topological polar surface area (TPSA) is 62.3 Å². The Morgan fingerprint density at radius 1 is 1.39 bits per heavy atom. The van der Waals surface area contributed by atoms with Gasteiger partial charge in [0.2, 0.25) is 0 Å². The highest BCUT2D eigenvalue weighted by atomic mass is 16.5. The van der Waals surface area contributed by atoms with E-state index in [2.05, 4.69) is 18.9 Å². The molecule has 1 atom stereocenters. The Labute approximate surface area is 109 Å². The highest BCUT2D eigenvalue weighted by molar-refractivity contribution is 5.30. The van der Waals surface area contributed by atoms with Crippen molar-refractivity contribution in [1.82, 2.24) is 9.78 Å². The van der Waals surface area contributed by atoms with E-state index in [0.29, 0.717) is 6.61 Å². The van der Waals surface area contributed by atoms with Crippen molar-refractivity contribution in [2.75, 3.05) is 13.7 Å². The lowest BCUT2D eigenvalue weighted by atomic mass is 9.86. The molecule has 1 aromatic rings. The van der Waals surface area contributed by atoms with E-state index in [1.807, 2.05) is 14.0 Å². The molecule has 0 radical (unpaired) electrons. The monoisotopic (exact) mass is 255 g/mol. The summed E-state index contributed by atoms with van der Waals surface area (Å²) in [5, 5.41) is 4.21. The second-order valence-corrected chi connectivity index (χ2v) is 4.40. The first kappa shape index (κ1) is 15.0. The first-order valence-electron chi connectivity index (χ1n) is 6.51. The number of nitrogens with zero attached hydrogens (tertiary/aromatic N) is 2. The van der Waals surface area contributed by atoms with Crippen LogP contribution in [0.15, 0.2) is 6.20 Å². The van der Waals surface area contributed by atoms with Crippen molar-refractivity contribution in [3.63, 3.8) is 0 Å². The predicted molar refractivity (Wildman–Crippen MR) is 71.6 cm³/mol. The van der Waals surface area contributed by atoms with Gasteiger partial charge in [0, 0.05) is 13.7 Å². The normalized spacial score (nSPS) is 13.7. The average molecular weight is 255 g/mol. The molecule has 2 N–H and O–H groups in total. The fourth-order valence-electron chi connectivity index (χ4n) is 2.46. The van der Waals surface area contributed by atoms with Gasteiger partial charge in [-0.2, -0.15) is 5.10 Å². The number of ether oxygens (including phenoxy) is 2. The average Bonchev–Trinajstić information content (AvgIpc) is 2.76. The number of hydrogen-bond donors (Lipinski definition) is 1. The largest absolute Gasteiger partial charge is 0.493 e. The third-order valence-corrected chi connectivity index (χ3v) is 3.66. The van der Waals surface area contributed by atoms with Crippen LogP contribution in [0, 0.1) is 0 Å². The lowest BCUT2D eigenvalue weighted by Crippen LogP contribution is -2.44. The summed E-state index contributed by atoms with van der Waals surface area (Å²) < 4.78 is 13.0. The third-order valence-electron chi connectivity index (χ3n) is 3.66. The minimum atomic E-state index is -0.365. The van der Waals surface area contributed by atoms with Crippen molar-refractivity contribution in [3.8, 4) is 5.75 Å². The summed E-state index contributed by atoms with van der Waals surface area (Å²) in [6, 6.07) is -0.255. The van der Waals surface area contributed by atoms with E-state index < -0.39 is 0 Å². The molecule has 0 amide bonds. The van der Waals surface area contributed by atoms with E-state index in [1.165, 1.54) is 0 Å². The molecule has 1 rings (SSSR count). The molecule has 5 nitrogen and oxygen atoms in total. The summed E-state index contributed by atoms with van der Waals surface area (Å²) in [4.78, 5) is 0. The van der Waals surface area contributed by atoms with E-state index in [1.54, 1.807) is 18.0 Å². The molecule has 5 heteroatoms. The minimum absolute atomic E-state index is 0.255. The van der Waals surface area contributed by atoms with Crippen LogP contribution in [0.5, 0.6) is 5.75 Å². The molecule has 0 aliphatic carbocycles. The SMILES string of the molecule is CCOC(CC)(CC)C(N)c1c(OC)cnn1C. The molecular weight excluding hydrogens is 230 g/mol. The second-order valence-electron chi connectivity index (χ2n) is 4.40. The Hall–Kier alpha value is -1.07. The van der Waals surface area contributed by atoms with Gasteiger partial charge in [0.25, 0.3) is 0 Å². The summed E-state index contributed by atoms with van der Waals surface area (Å²) in [5.41, 5.74) is 6.96. The first-order valence-corrected chi connectivity index (χ1v) is 6.51. The smallest absolute Gasteiger partial charge is 0.161 e. The predicted octanol–water partition coefficient (Wildman–Crippen LogP) is 2.02. The second kappa shape index (κ2) is 6.20. The highest BCUT2D eigenvalue weighted by Gasteiger charge is 2.38. The summed E-state index contributed by atoms with van der Waals surface area (Å²) in [6.45, 7) is 6.84. The highest BCUT2D eigenvalue weighted by Crippen LogP contribution is 2.37. The number of rotatable bonds is 7. The van der Waals surface area contributed by atoms with Gasteiger partial charge in [-0.05, 0) is 19.8 Å². The van der Waals surface area contributed by atoms with Crippen molar-refractivity contribution >= 4 is 0 Å². The van der Waals surface area contributed by atoms with Crippen LogP contribution in [0.3, 0.4) is 0 Å². The first-order chi connectivity index (χ1) is 8.56. The van der Waals surface area contributed by atoms with Crippen LogP contribution in [-0.4, -0.2) is 29.1 Å². The third kappa shape index (κ3) is 2.52. The number of aromatic nitrogens is 2. The van der Waals surface area contributed by atoms with Gasteiger partial charge >= 0.3 is 0 Å². The van der Waals surface area contributed by atoms with Gasteiger partial charge in [0.05, 0.1) is 30.6 Å². The van der Waals surface area contributed by atoms with Gasteiger partial charge in [-0.25, -0.2) is 0 Å². The molecule has 0 spiro atoms. The molecule has 0 saturated carbocycles. The number of nitrogens with two attached hydrogens (primary N) is 1. The Morgan fingerprint density at radius 2 is 2.00 bits per heavy atom. The van der Waals surface area contributed by atoms with Gasteiger partial charge in [-0.3, -0.25) is 4.68 Å². The van der Waals surface area contributed by atoms with E-state index >= 15 is 0 Å². The molecule has 1 aromatic heterocycles. The molecule has 104 valence electrons. The van der Waals surface area contributed by atoms with Crippen molar-refractivity contribution in [1.29, 1.82) is 0 Å². The maximum absolute atomic E-state index is 6.44. The van der Waals surface area contributed by atoms with Gasteiger partial charge in [-0.1, -0.05) is 13.8 Å². The Balaban J connectivity index is 3.16. The Kier molecular flexibility index (Phi) is 5.16. The Bertz CT molecular complexity index is 372. The zero-order chi connectivity index (χ0) is 13.8. The van der Waals surface area contributed by atoms with E-state index in [9.17, 15) is 0 Å². The fraction of sp³-hybridized carbons (Fsp3) is 0.769. The van der Waals surface area contributed by atoms with Crippen molar-refractivity contribution in [2.24, 2.45) is 12.8 Å². The number of hydrogen-bond acceptors (Lipinski definition) is 4. The van der Waals surface area contributed by atoms with E-state index in [4.69, 9.17) is 15.2 Å². The van der Waals surface area contributed by atoms with Gasteiger partial charge in [-0.15, -0.1) is 0 Å². The maximum Gasteiger partial charge on any atom is 0.161 e. The lowest BCUT2D eigenvalue weighted by Gasteiger charge is -2.37.